The summed E-state index contributed by atoms with van der Waals surface area (Å²) in [7, 11) is 0. The third kappa shape index (κ3) is 4.96. The van der Waals surface area contributed by atoms with Crippen molar-refractivity contribution in [2.75, 3.05) is 5.32 Å². The molecule has 0 saturated heterocycles. The fraction of sp³-hybridized carbons (Fsp3) is 0.375. The van der Waals surface area contributed by atoms with Gasteiger partial charge in [-0.1, -0.05) is 26.0 Å². The molecule has 0 bridgehead atoms. The quantitative estimate of drug-likeness (QED) is 0.674. The van der Waals surface area contributed by atoms with Gasteiger partial charge in [0.25, 0.3) is 5.91 Å². The van der Waals surface area contributed by atoms with Crippen LogP contribution in [0.2, 0.25) is 0 Å². The van der Waals surface area contributed by atoms with E-state index in [1.54, 1.807) is 26.0 Å². The van der Waals surface area contributed by atoms with E-state index in [1.807, 2.05) is 17.4 Å². The zero-order valence-electron chi connectivity index (χ0n) is 13.8. The molecule has 0 unspecified atom stereocenters. The fourth-order valence-corrected chi connectivity index (χ4v) is 3.35. The molecule has 9 heteroatoms. The van der Waals surface area contributed by atoms with E-state index in [-0.39, 0.29) is 18.2 Å². The van der Waals surface area contributed by atoms with Crippen molar-refractivity contribution < 1.29 is 23.9 Å². The van der Waals surface area contributed by atoms with Crippen LogP contribution in [0.25, 0.3) is 0 Å². The summed E-state index contributed by atoms with van der Waals surface area (Å²) < 4.78 is 5.16. The van der Waals surface area contributed by atoms with Crippen LogP contribution in [0.4, 0.5) is 10.5 Å². The monoisotopic (exact) mass is 365 g/mol. The van der Waals surface area contributed by atoms with Gasteiger partial charge in [0.1, 0.15) is 0 Å². The number of amides is 4. The highest BCUT2D eigenvalue weighted by Crippen LogP contribution is 2.36. The number of para-hydroxylation sites is 1. The summed E-state index contributed by atoms with van der Waals surface area (Å²) in [6.45, 7) is 3.33. The molecule has 0 saturated carbocycles. The smallest absolute Gasteiger partial charge is 0.318 e. The van der Waals surface area contributed by atoms with Crippen LogP contribution < -0.4 is 16.4 Å². The first-order valence-corrected chi connectivity index (χ1v) is 8.52. The van der Waals surface area contributed by atoms with E-state index in [4.69, 9.17) is 10.5 Å². The number of nitrogens with two attached hydrogens (primary N) is 1. The molecule has 134 valence electrons. The molecule has 1 aliphatic rings. The average Bonchev–Trinajstić information content (AvgIpc) is 2.52. The molecular weight excluding hydrogens is 346 g/mol. The lowest BCUT2D eigenvalue weighted by atomic mass is 10.1. The van der Waals surface area contributed by atoms with Crippen molar-refractivity contribution in [1.82, 2.24) is 5.32 Å². The molecule has 8 nitrogen and oxygen atoms in total. The molecule has 0 aromatic heterocycles. The first kappa shape index (κ1) is 18.8. The van der Waals surface area contributed by atoms with E-state index in [1.165, 1.54) is 11.8 Å². The van der Waals surface area contributed by atoms with E-state index in [0.717, 1.165) is 4.90 Å². The van der Waals surface area contributed by atoms with Crippen molar-refractivity contribution in [3.8, 4) is 0 Å². The van der Waals surface area contributed by atoms with E-state index in [2.05, 4.69) is 5.32 Å². The Morgan fingerprint density at radius 2 is 2.00 bits per heavy atom. The standard InChI is InChI=1S/C16H19N3O5S/c1-8(2)13(15(22)19-16(17)23)24-12(20)7-11-14(21)18-9-5-3-4-6-10(9)25-11/h3-6,8,11,13H,7H2,1-2H3,(H,18,21)(H3,17,19,22,23)/t11-,13-/m0/s1. The van der Waals surface area contributed by atoms with Crippen molar-refractivity contribution >= 4 is 41.3 Å². The lowest BCUT2D eigenvalue weighted by molar-refractivity contribution is -0.158. The summed E-state index contributed by atoms with van der Waals surface area (Å²) in [6.07, 6.45) is -1.36. The van der Waals surface area contributed by atoms with Gasteiger partial charge in [0, 0.05) is 4.90 Å². The Morgan fingerprint density at radius 1 is 1.32 bits per heavy atom. The minimum absolute atomic E-state index is 0.197. The SMILES string of the molecule is CC(C)[C@H](OC(=O)C[C@@H]1Sc2ccccc2NC1=O)C(=O)NC(N)=O. The molecule has 1 heterocycles. The zero-order chi connectivity index (χ0) is 18.6. The summed E-state index contributed by atoms with van der Waals surface area (Å²) in [5, 5.41) is 3.97. The third-order valence-electron chi connectivity index (χ3n) is 3.43. The van der Waals surface area contributed by atoms with Gasteiger partial charge in [-0.25, -0.2) is 4.79 Å². The highest BCUT2D eigenvalue weighted by Gasteiger charge is 2.32. The number of carbonyl (C=O) groups excluding carboxylic acids is 4. The maximum Gasteiger partial charge on any atom is 0.318 e. The van der Waals surface area contributed by atoms with Crippen LogP contribution in [0.15, 0.2) is 29.2 Å². The molecule has 2 rings (SSSR count). The van der Waals surface area contributed by atoms with Crippen molar-refractivity contribution in [3.05, 3.63) is 24.3 Å². The normalized spacial score (nSPS) is 17.2. The molecule has 1 aromatic carbocycles. The molecular formula is C16H19N3O5S. The van der Waals surface area contributed by atoms with Gasteiger partial charge in [-0.3, -0.25) is 19.7 Å². The summed E-state index contributed by atoms with van der Waals surface area (Å²) in [4.78, 5) is 47.8. The van der Waals surface area contributed by atoms with Crippen molar-refractivity contribution in [2.45, 2.75) is 36.5 Å². The maximum atomic E-state index is 12.2. The summed E-state index contributed by atoms with van der Waals surface area (Å²) in [5.41, 5.74) is 5.60. The first-order chi connectivity index (χ1) is 11.8. The fourth-order valence-electron chi connectivity index (χ4n) is 2.25. The molecule has 4 amide bonds. The Kier molecular flexibility index (Phi) is 6.02. The van der Waals surface area contributed by atoms with Crippen LogP contribution in [0.5, 0.6) is 0 Å². The number of urea groups is 1. The van der Waals surface area contributed by atoms with Gasteiger partial charge >= 0.3 is 12.0 Å². The Balaban J connectivity index is 2.00. The number of esters is 1. The lowest BCUT2D eigenvalue weighted by Gasteiger charge is -2.25. The minimum Gasteiger partial charge on any atom is -0.452 e. The molecule has 25 heavy (non-hydrogen) atoms. The number of thioether (sulfide) groups is 1. The van der Waals surface area contributed by atoms with E-state index in [0.29, 0.717) is 5.69 Å². The topological polar surface area (TPSA) is 128 Å². The van der Waals surface area contributed by atoms with Gasteiger partial charge in [-0.05, 0) is 18.1 Å². The summed E-state index contributed by atoms with van der Waals surface area (Å²) >= 11 is 1.26. The Morgan fingerprint density at radius 3 is 2.64 bits per heavy atom. The molecule has 0 radical (unpaired) electrons. The Bertz CT molecular complexity index is 707. The number of rotatable bonds is 5. The largest absolute Gasteiger partial charge is 0.452 e. The Hall–Kier alpha value is -2.55. The minimum atomic E-state index is -1.16. The highest BCUT2D eigenvalue weighted by molar-refractivity contribution is 8.01. The molecule has 0 aliphatic carbocycles. The van der Waals surface area contributed by atoms with Crippen LogP contribution in [-0.4, -0.2) is 35.2 Å². The van der Waals surface area contributed by atoms with Crippen LogP contribution >= 0.6 is 11.8 Å². The van der Waals surface area contributed by atoms with Crippen LogP contribution in [0.1, 0.15) is 20.3 Å². The molecule has 1 aromatic rings. The summed E-state index contributed by atoms with van der Waals surface area (Å²) in [6, 6.07) is 6.23. The molecule has 1 aliphatic heterocycles. The number of ether oxygens (including phenoxy) is 1. The number of primary amides is 1. The lowest BCUT2D eigenvalue weighted by Crippen LogP contribution is -2.46. The van der Waals surface area contributed by atoms with Gasteiger partial charge in [0.2, 0.25) is 5.91 Å². The number of hydrogen-bond acceptors (Lipinski definition) is 6. The van der Waals surface area contributed by atoms with Crippen LogP contribution in [0.3, 0.4) is 0 Å². The van der Waals surface area contributed by atoms with Gasteiger partial charge in [-0.2, -0.15) is 0 Å². The molecule has 4 N–H and O–H groups in total. The van der Waals surface area contributed by atoms with Gasteiger partial charge < -0.3 is 15.8 Å². The average molecular weight is 365 g/mol. The van der Waals surface area contributed by atoms with E-state index >= 15 is 0 Å². The third-order valence-corrected chi connectivity index (χ3v) is 4.70. The zero-order valence-corrected chi connectivity index (χ0v) is 14.6. The van der Waals surface area contributed by atoms with Gasteiger partial charge in [-0.15, -0.1) is 11.8 Å². The molecule has 0 fully saturated rings. The number of fused-ring (bicyclic) bond motifs is 1. The predicted molar refractivity (Wildman–Crippen MR) is 91.8 cm³/mol. The summed E-state index contributed by atoms with van der Waals surface area (Å²) in [5.74, 6) is -2.16. The molecule has 2 atom stereocenters. The second-order valence-corrected chi connectivity index (χ2v) is 7.05. The van der Waals surface area contributed by atoms with E-state index in [9.17, 15) is 19.2 Å². The van der Waals surface area contributed by atoms with Crippen LogP contribution in [-0.2, 0) is 19.1 Å². The van der Waals surface area contributed by atoms with E-state index < -0.39 is 29.3 Å². The number of anilines is 1. The number of imide groups is 1. The van der Waals surface area contributed by atoms with Crippen molar-refractivity contribution in [3.63, 3.8) is 0 Å². The predicted octanol–water partition coefficient (Wildman–Crippen LogP) is 1.25. The number of nitrogens with one attached hydrogen (secondary N) is 2. The number of benzene rings is 1. The highest BCUT2D eigenvalue weighted by atomic mass is 32.2. The maximum absolute atomic E-state index is 12.2. The van der Waals surface area contributed by atoms with Gasteiger partial charge in [0.05, 0.1) is 17.4 Å². The second kappa shape index (κ2) is 8.02. The van der Waals surface area contributed by atoms with Crippen LogP contribution in [0, 0.1) is 5.92 Å². The number of hydrogen-bond donors (Lipinski definition) is 3. The number of carbonyl (C=O) groups is 4. The van der Waals surface area contributed by atoms with Crippen molar-refractivity contribution in [2.24, 2.45) is 11.7 Å². The molecule has 0 spiro atoms. The second-order valence-electron chi connectivity index (χ2n) is 5.80. The Labute approximate surface area is 148 Å². The van der Waals surface area contributed by atoms with Gasteiger partial charge in [0.15, 0.2) is 6.10 Å². The van der Waals surface area contributed by atoms with Crippen molar-refractivity contribution in [1.29, 1.82) is 0 Å². The first-order valence-electron chi connectivity index (χ1n) is 7.64.